The van der Waals surface area contributed by atoms with Gasteiger partial charge in [0.05, 0.1) is 12.2 Å². The number of unbranched alkanes of at least 4 members (excludes halogenated alkanes) is 12. The van der Waals surface area contributed by atoms with E-state index in [1.54, 1.807) is 12.1 Å². The third-order valence-electron chi connectivity index (χ3n) is 16.9. The fourth-order valence-corrected chi connectivity index (χ4v) is 13.0. The van der Waals surface area contributed by atoms with Crippen LogP contribution < -0.4 is 0 Å². The monoisotopic (exact) mass is 851 g/mol. The lowest BCUT2D eigenvalue weighted by Crippen LogP contribution is -2.32. The summed E-state index contributed by atoms with van der Waals surface area (Å²) >= 11 is 0. The lowest BCUT2D eigenvalue weighted by atomic mass is 9.67. The molecule has 5 heteroatoms. The van der Waals surface area contributed by atoms with Gasteiger partial charge in [0.2, 0.25) is 0 Å². The largest absolute Gasteiger partial charge is 0.365 e. The van der Waals surface area contributed by atoms with Gasteiger partial charge in [-0.1, -0.05) is 154 Å². The summed E-state index contributed by atoms with van der Waals surface area (Å²) in [4.78, 5) is 0. The van der Waals surface area contributed by atoms with E-state index in [0.717, 1.165) is 87.2 Å². The molecular weight excluding hydrogens is 765 g/mol. The van der Waals surface area contributed by atoms with Gasteiger partial charge in [-0.15, -0.1) is 0 Å². The van der Waals surface area contributed by atoms with E-state index >= 15 is 8.78 Å². The van der Waals surface area contributed by atoms with Crippen molar-refractivity contribution in [3.63, 3.8) is 0 Å². The van der Waals surface area contributed by atoms with E-state index in [1.807, 2.05) is 0 Å². The number of halogens is 4. The Morgan fingerprint density at radius 2 is 0.721 bits per heavy atom. The first kappa shape index (κ1) is 48.6. The summed E-state index contributed by atoms with van der Waals surface area (Å²) in [6.45, 7) is 4.57. The van der Waals surface area contributed by atoms with Gasteiger partial charge < -0.3 is 4.74 Å². The predicted molar refractivity (Wildman–Crippen MR) is 246 cm³/mol. The highest BCUT2D eigenvalue weighted by molar-refractivity contribution is 5.25. The lowest BCUT2D eigenvalue weighted by molar-refractivity contribution is -0.0959. The topological polar surface area (TPSA) is 9.23 Å². The minimum Gasteiger partial charge on any atom is -0.365 e. The zero-order valence-electron chi connectivity index (χ0n) is 38.8. The van der Waals surface area contributed by atoms with Crippen LogP contribution in [-0.4, -0.2) is 0 Å². The van der Waals surface area contributed by atoms with Crippen molar-refractivity contribution in [3.05, 3.63) is 70.8 Å². The molecule has 4 fully saturated rings. The summed E-state index contributed by atoms with van der Waals surface area (Å²) in [6, 6.07) is 7.76. The van der Waals surface area contributed by atoms with Crippen molar-refractivity contribution in [2.24, 2.45) is 47.3 Å². The van der Waals surface area contributed by atoms with E-state index in [0.29, 0.717) is 23.0 Å². The molecule has 0 N–H and O–H groups in total. The van der Waals surface area contributed by atoms with Crippen LogP contribution in [0.3, 0.4) is 0 Å². The van der Waals surface area contributed by atoms with Crippen LogP contribution in [0.1, 0.15) is 243 Å². The summed E-state index contributed by atoms with van der Waals surface area (Å²) < 4.78 is 67.6. The van der Waals surface area contributed by atoms with Crippen molar-refractivity contribution < 1.29 is 22.3 Å². The highest BCUT2D eigenvalue weighted by atomic mass is 19.1. The van der Waals surface area contributed by atoms with Crippen LogP contribution in [0.2, 0.25) is 0 Å². The molecular formula is C56H86F4O. The molecule has 4 aliphatic rings. The Kier molecular flexibility index (Phi) is 20.8. The fourth-order valence-electron chi connectivity index (χ4n) is 13.0. The van der Waals surface area contributed by atoms with Crippen LogP contribution in [0.15, 0.2) is 36.4 Å². The Labute approximate surface area is 370 Å². The van der Waals surface area contributed by atoms with Crippen molar-refractivity contribution in [2.45, 2.75) is 232 Å². The van der Waals surface area contributed by atoms with Gasteiger partial charge in [0.15, 0.2) is 0 Å². The molecule has 0 aromatic heterocycles. The van der Waals surface area contributed by atoms with Crippen molar-refractivity contribution in [1.29, 1.82) is 0 Å². The number of ether oxygens (including phenoxy) is 1. The number of hydrogen-bond donors (Lipinski definition) is 0. The maximum atomic E-state index is 15.9. The molecule has 2 aromatic carbocycles. The zero-order chi connectivity index (χ0) is 42.8. The van der Waals surface area contributed by atoms with Crippen LogP contribution in [0.25, 0.3) is 0 Å². The minimum atomic E-state index is -0.613. The normalized spacial score (nSPS) is 28.4. The molecule has 1 nitrogen and oxygen atoms in total. The molecule has 61 heavy (non-hydrogen) atoms. The number of hydrogen-bond acceptors (Lipinski definition) is 1. The van der Waals surface area contributed by atoms with Crippen molar-refractivity contribution in [3.8, 4) is 0 Å². The van der Waals surface area contributed by atoms with Gasteiger partial charge >= 0.3 is 0 Å². The van der Waals surface area contributed by atoms with Crippen LogP contribution in [-0.2, 0) is 4.74 Å². The molecule has 2 aromatic rings. The van der Waals surface area contributed by atoms with Crippen LogP contribution in [0.4, 0.5) is 17.6 Å². The van der Waals surface area contributed by atoms with Crippen molar-refractivity contribution in [1.82, 2.24) is 0 Å². The predicted octanol–water partition coefficient (Wildman–Crippen LogP) is 18.5. The summed E-state index contributed by atoms with van der Waals surface area (Å²) in [6.07, 6.45) is 39.7. The second-order valence-electron chi connectivity index (χ2n) is 21.0. The Balaban J connectivity index is 1.04. The zero-order valence-corrected chi connectivity index (χ0v) is 38.8. The molecule has 0 aliphatic heterocycles. The molecule has 0 bridgehead atoms. The quantitative estimate of drug-likeness (QED) is 0.0755. The standard InChI is InChI=1S/C56H86F4O/c1-3-5-7-9-11-13-15-17-41-19-23-43(24-20-41)45-27-31-47(32-28-45)55(51-37-35-49(57)39-53(51)59)61-56(52-38-36-50(58)40-54(52)60)48-33-29-46(30-34-48)44-25-21-42(22-26-44)18-16-14-12-10-8-6-4-2/h35-48,55-56H,3-34H2,1-2H3/t41-,42-,43-,44-,45-,46-,47-,48-,55?,56?. The molecule has 2 unspecified atom stereocenters. The summed E-state index contributed by atoms with van der Waals surface area (Å²) in [5.74, 6) is 2.43. The molecule has 344 valence electrons. The summed E-state index contributed by atoms with van der Waals surface area (Å²) in [7, 11) is 0. The van der Waals surface area contributed by atoms with Gasteiger partial charge in [0, 0.05) is 23.3 Å². The van der Waals surface area contributed by atoms with Crippen LogP contribution in [0, 0.1) is 70.6 Å². The molecule has 0 amide bonds. The molecule has 0 radical (unpaired) electrons. The van der Waals surface area contributed by atoms with E-state index in [4.69, 9.17) is 4.74 Å². The minimum absolute atomic E-state index is 0.0588. The highest BCUT2D eigenvalue weighted by Crippen LogP contribution is 2.51. The molecule has 0 spiro atoms. The Hall–Kier alpha value is -1.88. The van der Waals surface area contributed by atoms with E-state index in [2.05, 4.69) is 13.8 Å². The highest BCUT2D eigenvalue weighted by Gasteiger charge is 2.40. The molecule has 2 atom stereocenters. The van der Waals surface area contributed by atoms with Gasteiger partial charge in [0.1, 0.15) is 23.3 Å². The van der Waals surface area contributed by atoms with Gasteiger partial charge in [0.25, 0.3) is 0 Å². The Morgan fingerprint density at radius 3 is 1.05 bits per heavy atom. The molecule has 0 heterocycles. The lowest BCUT2D eigenvalue weighted by Gasteiger charge is -2.43. The third-order valence-corrected chi connectivity index (χ3v) is 16.9. The van der Waals surface area contributed by atoms with Gasteiger partial charge in [-0.3, -0.25) is 0 Å². The average Bonchev–Trinajstić information content (AvgIpc) is 3.27. The van der Waals surface area contributed by atoms with Gasteiger partial charge in [-0.05, 0) is 137 Å². The maximum Gasteiger partial charge on any atom is 0.131 e. The van der Waals surface area contributed by atoms with Gasteiger partial charge in [-0.2, -0.15) is 0 Å². The molecule has 4 saturated carbocycles. The van der Waals surface area contributed by atoms with Crippen molar-refractivity contribution >= 4 is 0 Å². The van der Waals surface area contributed by atoms with E-state index in [1.165, 1.54) is 166 Å². The first-order valence-electron chi connectivity index (χ1n) is 26.4. The fraction of sp³-hybridized carbons (Fsp3) is 0.786. The number of benzene rings is 2. The molecule has 4 aliphatic carbocycles. The maximum absolute atomic E-state index is 15.9. The SMILES string of the molecule is CCCCCCCCC[C@H]1CC[C@H]([C@H]2CC[C@H](C(OC(c3ccc(F)cc3F)[C@H]3CC[C@H]([C@H]4CC[C@H](CCCCCCCCC)CC4)CC3)c3ccc(F)cc3F)CC2)CC1. The molecule has 6 rings (SSSR count). The second-order valence-corrected chi connectivity index (χ2v) is 21.0. The van der Waals surface area contributed by atoms with Crippen LogP contribution >= 0.6 is 0 Å². The van der Waals surface area contributed by atoms with E-state index in [-0.39, 0.29) is 11.8 Å². The second kappa shape index (κ2) is 26.2. The van der Waals surface area contributed by atoms with Gasteiger partial charge in [-0.25, -0.2) is 17.6 Å². The van der Waals surface area contributed by atoms with E-state index < -0.39 is 35.5 Å². The third kappa shape index (κ3) is 15.1. The first-order chi connectivity index (χ1) is 29.8. The average molecular weight is 851 g/mol. The van der Waals surface area contributed by atoms with Crippen molar-refractivity contribution in [2.75, 3.05) is 0 Å². The molecule has 0 saturated heterocycles. The summed E-state index contributed by atoms with van der Waals surface area (Å²) in [5.41, 5.74) is 0.760. The summed E-state index contributed by atoms with van der Waals surface area (Å²) in [5, 5.41) is 0. The Morgan fingerprint density at radius 1 is 0.410 bits per heavy atom. The number of rotatable bonds is 24. The first-order valence-corrected chi connectivity index (χ1v) is 26.4. The Bertz CT molecular complexity index is 1380. The van der Waals surface area contributed by atoms with Crippen LogP contribution in [0.5, 0.6) is 0 Å². The smallest absolute Gasteiger partial charge is 0.131 e. The van der Waals surface area contributed by atoms with E-state index in [9.17, 15) is 8.78 Å².